The number of hydrogen-bond acceptors (Lipinski definition) is 2. The molecule has 38 heavy (non-hydrogen) atoms. The molecule has 2 nitrogen and oxygen atoms in total. The Morgan fingerprint density at radius 1 is 0.421 bits per heavy atom. The average Bonchev–Trinajstić information content (AvgIpc) is 3.46. The molecule has 2 heteroatoms. The predicted molar refractivity (Wildman–Crippen MR) is 155 cm³/mol. The van der Waals surface area contributed by atoms with Gasteiger partial charge in [-0.1, -0.05) is 97.1 Å². The van der Waals surface area contributed by atoms with Gasteiger partial charge in [0.05, 0.1) is 11.1 Å². The molecule has 0 atom stereocenters. The van der Waals surface area contributed by atoms with Crippen LogP contribution in [0.2, 0.25) is 0 Å². The van der Waals surface area contributed by atoms with Gasteiger partial charge in [0, 0.05) is 28.8 Å². The standard InChI is InChI=1S/C36H24N2/c1-3-12-25(13-4-1)38(26-14-5-2-6-15-26)27-21-22-30-34(24-27)36(33-20-11-23-37-35(30)33)31-18-9-7-16-28(31)29-17-8-10-19-32(29)36/h1-24H. The zero-order valence-electron chi connectivity index (χ0n) is 20.8. The SMILES string of the molecule is c1ccc(N(c2ccccc2)c2ccc3c(c2)C2(c4ccccc4-c4ccccc42)c2cccnc2-3)cc1. The lowest BCUT2D eigenvalue weighted by molar-refractivity contribution is 0.791. The highest BCUT2D eigenvalue weighted by Gasteiger charge is 2.52. The van der Waals surface area contributed by atoms with Gasteiger partial charge in [0.2, 0.25) is 0 Å². The maximum atomic E-state index is 4.94. The van der Waals surface area contributed by atoms with E-state index in [-0.39, 0.29) is 0 Å². The Hall–Kier alpha value is -4.95. The zero-order chi connectivity index (χ0) is 25.1. The minimum Gasteiger partial charge on any atom is -0.310 e. The lowest BCUT2D eigenvalue weighted by Gasteiger charge is -2.32. The van der Waals surface area contributed by atoms with Gasteiger partial charge in [-0.2, -0.15) is 0 Å². The van der Waals surface area contributed by atoms with Gasteiger partial charge in [0.1, 0.15) is 0 Å². The van der Waals surface area contributed by atoms with Crippen molar-refractivity contribution in [2.24, 2.45) is 0 Å². The van der Waals surface area contributed by atoms with E-state index in [4.69, 9.17) is 4.98 Å². The van der Waals surface area contributed by atoms with Crippen molar-refractivity contribution in [1.29, 1.82) is 0 Å². The fraction of sp³-hybridized carbons (Fsp3) is 0.0278. The van der Waals surface area contributed by atoms with Crippen molar-refractivity contribution in [3.63, 3.8) is 0 Å². The second-order valence-corrected chi connectivity index (χ2v) is 9.98. The molecule has 0 fully saturated rings. The fourth-order valence-corrected chi connectivity index (χ4v) is 6.67. The van der Waals surface area contributed by atoms with Crippen LogP contribution in [0.3, 0.4) is 0 Å². The molecule has 0 N–H and O–H groups in total. The molecule has 2 aliphatic rings. The van der Waals surface area contributed by atoms with Crippen LogP contribution < -0.4 is 4.90 Å². The molecule has 6 aromatic rings. The molecule has 2 aliphatic carbocycles. The number of benzene rings is 5. The molecule has 1 heterocycles. The molecule has 5 aromatic carbocycles. The van der Waals surface area contributed by atoms with Gasteiger partial charge in [-0.05, 0) is 75.8 Å². The lowest BCUT2D eigenvalue weighted by atomic mass is 9.71. The number of para-hydroxylation sites is 2. The molecular weight excluding hydrogens is 460 g/mol. The van der Waals surface area contributed by atoms with Crippen molar-refractivity contribution >= 4 is 17.1 Å². The molecule has 0 amide bonds. The van der Waals surface area contributed by atoms with Crippen molar-refractivity contribution in [3.8, 4) is 22.4 Å². The zero-order valence-corrected chi connectivity index (χ0v) is 20.8. The smallest absolute Gasteiger partial charge is 0.0753 e. The third kappa shape index (κ3) is 2.75. The molecule has 0 saturated carbocycles. The number of hydrogen-bond donors (Lipinski definition) is 0. The molecule has 0 unspecified atom stereocenters. The van der Waals surface area contributed by atoms with Gasteiger partial charge in [-0.3, -0.25) is 4.98 Å². The third-order valence-corrected chi connectivity index (χ3v) is 8.11. The number of aromatic nitrogens is 1. The number of nitrogens with zero attached hydrogens (tertiary/aromatic N) is 2. The van der Waals surface area contributed by atoms with E-state index < -0.39 is 5.41 Å². The van der Waals surface area contributed by atoms with Crippen LogP contribution in [0.25, 0.3) is 22.4 Å². The van der Waals surface area contributed by atoms with E-state index in [1.807, 2.05) is 6.20 Å². The molecule has 0 radical (unpaired) electrons. The van der Waals surface area contributed by atoms with Crippen LogP contribution in [0, 0.1) is 0 Å². The molecule has 0 saturated heterocycles. The summed E-state index contributed by atoms with van der Waals surface area (Å²) >= 11 is 0. The summed E-state index contributed by atoms with van der Waals surface area (Å²) in [4.78, 5) is 7.29. The van der Waals surface area contributed by atoms with Crippen molar-refractivity contribution < 1.29 is 0 Å². The minimum atomic E-state index is -0.402. The van der Waals surface area contributed by atoms with Gasteiger partial charge in [0.15, 0.2) is 0 Å². The Kier molecular flexibility index (Phi) is 4.47. The molecular formula is C36H24N2. The van der Waals surface area contributed by atoms with E-state index in [1.54, 1.807) is 0 Å². The average molecular weight is 485 g/mol. The lowest BCUT2D eigenvalue weighted by Crippen LogP contribution is -2.26. The van der Waals surface area contributed by atoms with E-state index in [0.29, 0.717) is 0 Å². The molecule has 8 rings (SSSR count). The number of fused-ring (bicyclic) bond motifs is 10. The van der Waals surface area contributed by atoms with Crippen molar-refractivity contribution in [1.82, 2.24) is 4.98 Å². The van der Waals surface area contributed by atoms with E-state index in [2.05, 4.69) is 144 Å². The van der Waals surface area contributed by atoms with Crippen molar-refractivity contribution in [2.75, 3.05) is 4.90 Å². The Morgan fingerprint density at radius 3 is 1.61 bits per heavy atom. The van der Waals surface area contributed by atoms with E-state index >= 15 is 0 Å². The van der Waals surface area contributed by atoms with Crippen LogP contribution in [0.1, 0.15) is 22.3 Å². The summed E-state index contributed by atoms with van der Waals surface area (Å²) in [5.74, 6) is 0. The highest BCUT2D eigenvalue weighted by molar-refractivity contribution is 5.95. The summed E-state index contributed by atoms with van der Waals surface area (Å²) in [6.45, 7) is 0. The van der Waals surface area contributed by atoms with Gasteiger partial charge in [-0.25, -0.2) is 0 Å². The van der Waals surface area contributed by atoms with Crippen LogP contribution in [-0.2, 0) is 5.41 Å². The van der Waals surface area contributed by atoms with Gasteiger partial charge < -0.3 is 4.90 Å². The largest absolute Gasteiger partial charge is 0.310 e. The molecule has 0 bridgehead atoms. The Balaban J connectivity index is 1.46. The summed E-state index contributed by atoms with van der Waals surface area (Å²) in [6.07, 6.45) is 1.92. The van der Waals surface area contributed by atoms with Crippen molar-refractivity contribution in [3.05, 3.63) is 168 Å². The first-order valence-electron chi connectivity index (χ1n) is 13.1. The maximum absolute atomic E-state index is 4.94. The quantitative estimate of drug-likeness (QED) is 0.249. The summed E-state index contributed by atoms with van der Waals surface area (Å²) in [7, 11) is 0. The first kappa shape index (κ1) is 21.2. The van der Waals surface area contributed by atoms with Crippen LogP contribution >= 0.6 is 0 Å². The highest BCUT2D eigenvalue weighted by atomic mass is 15.1. The second kappa shape index (κ2) is 8.03. The summed E-state index contributed by atoms with van der Waals surface area (Å²) in [5.41, 5.74) is 13.1. The minimum absolute atomic E-state index is 0.402. The number of anilines is 3. The normalized spacial score (nSPS) is 13.5. The van der Waals surface area contributed by atoms with Gasteiger partial charge >= 0.3 is 0 Å². The van der Waals surface area contributed by atoms with Gasteiger partial charge in [0.25, 0.3) is 0 Å². The summed E-state index contributed by atoms with van der Waals surface area (Å²) in [5, 5.41) is 0. The fourth-order valence-electron chi connectivity index (χ4n) is 6.67. The first-order valence-corrected chi connectivity index (χ1v) is 13.1. The highest BCUT2D eigenvalue weighted by Crippen LogP contribution is 2.62. The van der Waals surface area contributed by atoms with Crippen LogP contribution in [0.15, 0.2) is 146 Å². The van der Waals surface area contributed by atoms with E-state index in [1.165, 1.54) is 38.9 Å². The monoisotopic (exact) mass is 484 g/mol. The third-order valence-electron chi connectivity index (χ3n) is 8.11. The first-order chi connectivity index (χ1) is 18.9. The predicted octanol–water partition coefficient (Wildman–Crippen LogP) is 8.89. The molecule has 178 valence electrons. The maximum Gasteiger partial charge on any atom is 0.0753 e. The Bertz CT molecular complexity index is 1720. The van der Waals surface area contributed by atoms with Crippen LogP contribution in [-0.4, -0.2) is 4.98 Å². The summed E-state index contributed by atoms with van der Waals surface area (Å²) in [6, 6.07) is 50.3. The van der Waals surface area contributed by atoms with E-state index in [0.717, 1.165) is 22.8 Å². The van der Waals surface area contributed by atoms with Crippen molar-refractivity contribution in [2.45, 2.75) is 5.41 Å². The van der Waals surface area contributed by atoms with E-state index in [9.17, 15) is 0 Å². The Labute approximate surface area is 222 Å². The number of pyridine rings is 1. The molecule has 0 aliphatic heterocycles. The second-order valence-electron chi connectivity index (χ2n) is 9.98. The molecule has 1 spiro atoms. The number of rotatable bonds is 3. The van der Waals surface area contributed by atoms with Crippen LogP contribution in [0.5, 0.6) is 0 Å². The molecule has 1 aromatic heterocycles. The Morgan fingerprint density at radius 2 is 0.974 bits per heavy atom. The topological polar surface area (TPSA) is 16.1 Å². The summed E-state index contributed by atoms with van der Waals surface area (Å²) < 4.78 is 0. The van der Waals surface area contributed by atoms with Gasteiger partial charge in [-0.15, -0.1) is 0 Å². The van der Waals surface area contributed by atoms with Crippen LogP contribution in [0.4, 0.5) is 17.1 Å².